The van der Waals surface area contributed by atoms with Crippen LogP contribution in [0.3, 0.4) is 0 Å². The maximum absolute atomic E-state index is 13.2. The van der Waals surface area contributed by atoms with Gasteiger partial charge in [-0.1, -0.05) is 24.3 Å². The van der Waals surface area contributed by atoms with Crippen molar-refractivity contribution >= 4 is 40.6 Å². The van der Waals surface area contributed by atoms with Crippen molar-refractivity contribution in [2.75, 3.05) is 23.4 Å². The van der Waals surface area contributed by atoms with Crippen molar-refractivity contribution in [1.29, 1.82) is 0 Å². The number of ether oxygens (including phenoxy) is 1. The molecule has 2 aromatic carbocycles. The highest BCUT2D eigenvalue weighted by Crippen LogP contribution is 2.37. The van der Waals surface area contributed by atoms with Crippen LogP contribution in [0.15, 0.2) is 53.5 Å². The smallest absolute Gasteiger partial charge is 0.340 e. The van der Waals surface area contributed by atoms with E-state index in [1.54, 1.807) is 37.3 Å². The molecule has 1 heterocycles. The van der Waals surface area contributed by atoms with Crippen LogP contribution in [-0.4, -0.2) is 36.6 Å². The van der Waals surface area contributed by atoms with Crippen LogP contribution in [0, 0.1) is 5.92 Å². The number of hydrogen-bond acceptors (Lipinski definition) is 5. The number of rotatable bonds is 5. The number of nitrogens with zero attached hydrogens (tertiary/aromatic N) is 2. The summed E-state index contributed by atoms with van der Waals surface area (Å²) in [6, 6.07) is 14.0. The molecule has 4 rings (SSSR count). The zero-order valence-corrected chi connectivity index (χ0v) is 16.8. The number of benzene rings is 2. The predicted octanol–water partition coefficient (Wildman–Crippen LogP) is 3.72. The van der Waals surface area contributed by atoms with Gasteiger partial charge in [-0.3, -0.25) is 14.6 Å². The van der Waals surface area contributed by atoms with Crippen molar-refractivity contribution in [3.8, 4) is 0 Å². The highest BCUT2D eigenvalue weighted by atomic mass is 16.5. The quantitative estimate of drug-likeness (QED) is 0.768. The van der Waals surface area contributed by atoms with Gasteiger partial charge in [0, 0.05) is 5.71 Å². The van der Waals surface area contributed by atoms with E-state index in [9.17, 15) is 14.4 Å². The van der Waals surface area contributed by atoms with Crippen molar-refractivity contribution < 1.29 is 19.1 Å². The van der Waals surface area contributed by atoms with Gasteiger partial charge in [0.1, 0.15) is 6.54 Å². The Bertz CT molecular complexity index is 1030. The minimum absolute atomic E-state index is 0.106. The van der Waals surface area contributed by atoms with Crippen molar-refractivity contribution in [1.82, 2.24) is 0 Å². The maximum atomic E-state index is 13.2. The fourth-order valence-electron chi connectivity index (χ4n) is 3.95. The Labute approximate surface area is 174 Å². The van der Waals surface area contributed by atoms with E-state index in [1.165, 1.54) is 4.90 Å². The van der Waals surface area contributed by atoms with Gasteiger partial charge >= 0.3 is 5.97 Å². The van der Waals surface area contributed by atoms with Crippen LogP contribution in [0.4, 0.5) is 17.1 Å². The molecule has 1 aliphatic heterocycles. The third kappa shape index (κ3) is 3.83. The van der Waals surface area contributed by atoms with Gasteiger partial charge in [0.15, 0.2) is 0 Å². The highest BCUT2D eigenvalue weighted by molar-refractivity contribution is 6.17. The minimum atomic E-state index is -0.506. The zero-order chi connectivity index (χ0) is 21.1. The number of esters is 1. The first-order valence-corrected chi connectivity index (χ1v) is 10.1. The molecular formula is C23H23N3O4. The zero-order valence-electron chi connectivity index (χ0n) is 16.8. The molecule has 154 valence electrons. The van der Waals surface area contributed by atoms with Crippen LogP contribution in [0.2, 0.25) is 0 Å². The van der Waals surface area contributed by atoms with Gasteiger partial charge < -0.3 is 15.0 Å². The Kier molecular flexibility index (Phi) is 5.61. The highest BCUT2D eigenvalue weighted by Gasteiger charge is 2.37. The second-order valence-electron chi connectivity index (χ2n) is 7.28. The van der Waals surface area contributed by atoms with E-state index >= 15 is 0 Å². The molecule has 1 atom stereocenters. The molecule has 0 saturated heterocycles. The van der Waals surface area contributed by atoms with E-state index in [1.807, 2.05) is 18.2 Å². The Balaban J connectivity index is 1.58. The average Bonchev–Trinajstić information content (AvgIpc) is 3.17. The largest absolute Gasteiger partial charge is 0.462 e. The van der Waals surface area contributed by atoms with Gasteiger partial charge in [0.25, 0.3) is 0 Å². The summed E-state index contributed by atoms with van der Waals surface area (Å²) in [4.78, 5) is 44.5. The van der Waals surface area contributed by atoms with Gasteiger partial charge in [-0.2, -0.15) is 0 Å². The molecular weight excluding hydrogens is 382 g/mol. The summed E-state index contributed by atoms with van der Waals surface area (Å²) in [5.74, 6) is -1.29. The van der Waals surface area contributed by atoms with E-state index in [0.29, 0.717) is 17.1 Å². The summed E-state index contributed by atoms with van der Waals surface area (Å²) in [5.41, 5.74) is 2.84. The lowest BCUT2D eigenvalue weighted by molar-refractivity contribution is -0.123. The molecule has 1 fully saturated rings. The lowest BCUT2D eigenvalue weighted by Crippen LogP contribution is -2.42. The molecule has 0 radical (unpaired) electrons. The normalized spacial score (nSPS) is 17.5. The predicted molar refractivity (Wildman–Crippen MR) is 114 cm³/mol. The molecule has 1 N–H and O–H groups in total. The van der Waals surface area contributed by atoms with E-state index in [4.69, 9.17) is 9.73 Å². The van der Waals surface area contributed by atoms with Crippen LogP contribution >= 0.6 is 0 Å². The first-order valence-electron chi connectivity index (χ1n) is 10.1. The van der Waals surface area contributed by atoms with Gasteiger partial charge in [0.05, 0.1) is 35.2 Å². The molecule has 30 heavy (non-hydrogen) atoms. The van der Waals surface area contributed by atoms with Gasteiger partial charge in [-0.05, 0) is 50.5 Å². The second-order valence-corrected chi connectivity index (χ2v) is 7.28. The number of aliphatic imine (C=N–C) groups is 1. The number of para-hydroxylation sites is 3. The first kappa shape index (κ1) is 19.8. The number of carbonyl (C=O) groups excluding carboxylic acids is 3. The number of fused-ring (bicyclic) bond motifs is 2. The molecule has 0 bridgehead atoms. The van der Waals surface area contributed by atoms with Crippen molar-refractivity contribution in [3.63, 3.8) is 0 Å². The SMILES string of the molecule is CCOC(=O)c1ccccc1NC(=O)CN1C(=O)[C@@H]2CCCC2=Nc2ccccc21. The van der Waals surface area contributed by atoms with E-state index in [0.717, 1.165) is 25.0 Å². The van der Waals surface area contributed by atoms with Gasteiger partial charge in [-0.15, -0.1) is 0 Å². The molecule has 2 amide bonds. The van der Waals surface area contributed by atoms with Crippen molar-refractivity contribution in [3.05, 3.63) is 54.1 Å². The Morgan fingerprint density at radius 2 is 1.93 bits per heavy atom. The lowest BCUT2D eigenvalue weighted by atomic mass is 10.1. The number of carbonyl (C=O) groups is 3. The summed E-state index contributed by atoms with van der Waals surface area (Å²) in [6.07, 6.45) is 2.47. The van der Waals surface area contributed by atoms with Crippen LogP contribution in [0.5, 0.6) is 0 Å². The summed E-state index contributed by atoms with van der Waals surface area (Å²) < 4.78 is 5.06. The molecule has 0 aromatic heterocycles. The van der Waals surface area contributed by atoms with Crippen molar-refractivity contribution in [2.45, 2.75) is 26.2 Å². The Morgan fingerprint density at radius 1 is 1.17 bits per heavy atom. The number of amides is 2. The third-order valence-corrected chi connectivity index (χ3v) is 5.33. The van der Waals surface area contributed by atoms with Crippen LogP contribution < -0.4 is 10.2 Å². The standard InChI is InChI=1S/C23H23N3O4/c1-2-30-23(29)16-8-3-4-10-18(16)25-21(27)14-26-20-13-6-5-11-19(20)24-17-12-7-9-15(17)22(26)28/h3-6,8,10-11,13,15H,2,7,9,12,14H2,1H3,(H,25,27)/t15-/m1/s1. The fourth-order valence-corrected chi connectivity index (χ4v) is 3.95. The second kappa shape index (κ2) is 8.49. The summed E-state index contributed by atoms with van der Waals surface area (Å²) in [5, 5.41) is 2.76. The summed E-state index contributed by atoms with van der Waals surface area (Å²) in [6.45, 7) is 1.80. The van der Waals surface area contributed by atoms with Crippen LogP contribution in [-0.2, 0) is 14.3 Å². The van der Waals surface area contributed by atoms with E-state index in [-0.39, 0.29) is 30.5 Å². The Hall–Kier alpha value is -3.48. The molecule has 1 saturated carbocycles. The van der Waals surface area contributed by atoms with Crippen LogP contribution in [0.25, 0.3) is 0 Å². The monoisotopic (exact) mass is 405 g/mol. The van der Waals surface area contributed by atoms with E-state index < -0.39 is 11.9 Å². The number of nitrogens with one attached hydrogen (secondary N) is 1. The lowest BCUT2D eigenvalue weighted by Gasteiger charge is -2.24. The molecule has 2 aromatic rings. The topological polar surface area (TPSA) is 88.1 Å². The minimum Gasteiger partial charge on any atom is -0.462 e. The number of anilines is 2. The molecule has 0 unspecified atom stereocenters. The first-order chi connectivity index (χ1) is 14.6. The van der Waals surface area contributed by atoms with Crippen molar-refractivity contribution in [2.24, 2.45) is 10.9 Å². The van der Waals surface area contributed by atoms with Crippen LogP contribution in [0.1, 0.15) is 36.5 Å². The summed E-state index contributed by atoms with van der Waals surface area (Å²) in [7, 11) is 0. The average molecular weight is 405 g/mol. The van der Waals surface area contributed by atoms with Gasteiger partial charge in [0.2, 0.25) is 11.8 Å². The molecule has 1 aliphatic carbocycles. The molecule has 7 heteroatoms. The maximum Gasteiger partial charge on any atom is 0.340 e. The molecule has 7 nitrogen and oxygen atoms in total. The Morgan fingerprint density at radius 3 is 2.77 bits per heavy atom. The number of hydrogen-bond donors (Lipinski definition) is 1. The molecule has 0 spiro atoms. The fraction of sp³-hybridized carbons (Fsp3) is 0.304. The summed E-state index contributed by atoms with van der Waals surface area (Å²) >= 11 is 0. The molecule has 2 aliphatic rings. The van der Waals surface area contributed by atoms with E-state index in [2.05, 4.69) is 5.32 Å². The third-order valence-electron chi connectivity index (χ3n) is 5.33. The van der Waals surface area contributed by atoms with Gasteiger partial charge in [-0.25, -0.2) is 4.79 Å².